The number of carbonyl (C=O) groups excluding carboxylic acids is 1. The van der Waals surface area contributed by atoms with Crippen molar-refractivity contribution < 1.29 is 9.53 Å². The molecule has 0 spiro atoms. The lowest BCUT2D eigenvalue weighted by molar-refractivity contribution is -0.158. The van der Waals surface area contributed by atoms with Crippen LogP contribution in [0.3, 0.4) is 0 Å². The topological polar surface area (TPSA) is 26.3 Å². The van der Waals surface area contributed by atoms with Crippen LogP contribution in [0.25, 0.3) is 0 Å². The van der Waals surface area contributed by atoms with Crippen LogP contribution < -0.4 is 0 Å². The summed E-state index contributed by atoms with van der Waals surface area (Å²) in [7, 11) is 0. The Morgan fingerprint density at radius 1 is 1.00 bits per heavy atom. The maximum absolute atomic E-state index is 12.5. The number of carbonyl (C=O) groups is 1. The van der Waals surface area contributed by atoms with Gasteiger partial charge >= 0.3 is 5.97 Å². The van der Waals surface area contributed by atoms with Crippen molar-refractivity contribution in [3.63, 3.8) is 0 Å². The van der Waals surface area contributed by atoms with E-state index >= 15 is 0 Å². The second kappa shape index (κ2) is 11.2. The van der Waals surface area contributed by atoms with Crippen LogP contribution in [0.4, 0.5) is 0 Å². The lowest BCUT2D eigenvalue weighted by atomic mass is 9.78. The monoisotopic (exact) mass is 284 g/mol. The summed E-state index contributed by atoms with van der Waals surface area (Å²) in [4.78, 5) is 12.5. The minimum absolute atomic E-state index is 0.0471. The van der Waals surface area contributed by atoms with Gasteiger partial charge in [-0.25, -0.2) is 0 Å². The van der Waals surface area contributed by atoms with Crippen molar-refractivity contribution in [3.05, 3.63) is 0 Å². The van der Waals surface area contributed by atoms with Gasteiger partial charge in [0.25, 0.3) is 0 Å². The van der Waals surface area contributed by atoms with Crippen molar-refractivity contribution in [3.8, 4) is 0 Å². The van der Waals surface area contributed by atoms with Gasteiger partial charge in [-0.05, 0) is 31.6 Å². The van der Waals surface area contributed by atoms with Crippen molar-refractivity contribution >= 4 is 5.97 Å². The van der Waals surface area contributed by atoms with E-state index in [1.165, 1.54) is 19.3 Å². The normalized spacial score (nSPS) is 13.2. The van der Waals surface area contributed by atoms with E-state index in [0.717, 1.165) is 38.5 Å². The zero-order valence-electron chi connectivity index (χ0n) is 14.5. The first-order valence-corrected chi connectivity index (χ1v) is 8.77. The molecule has 0 aliphatic rings. The largest absolute Gasteiger partial charge is 0.465 e. The summed E-state index contributed by atoms with van der Waals surface area (Å²) in [6.45, 7) is 11.4. The van der Waals surface area contributed by atoms with Crippen molar-refractivity contribution in [2.45, 2.75) is 92.4 Å². The van der Waals surface area contributed by atoms with Gasteiger partial charge in [-0.1, -0.05) is 66.7 Å². The van der Waals surface area contributed by atoms with Gasteiger partial charge in [0.2, 0.25) is 0 Å². The average Bonchev–Trinajstić information content (AvgIpc) is 2.49. The quantitative estimate of drug-likeness (QED) is 0.427. The highest BCUT2D eigenvalue weighted by molar-refractivity contribution is 5.76. The van der Waals surface area contributed by atoms with Gasteiger partial charge in [0.05, 0.1) is 12.0 Å². The molecule has 0 aromatic rings. The van der Waals surface area contributed by atoms with Crippen LogP contribution in [0.5, 0.6) is 0 Å². The summed E-state index contributed by atoms with van der Waals surface area (Å²) in [6, 6.07) is 0. The molecule has 0 fully saturated rings. The van der Waals surface area contributed by atoms with E-state index in [0.29, 0.717) is 12.5 Å². The first kappa shape index (κ1) is 19.5. The second-order valence-electron chi connectivity index (χ2n) is 6.11. The number of esters is 1. The Balaban J connectivity index is 4.44. The first-order chi connectivity index (χ1) is 9.60. The molecule has 120 valence electrons. The Kier molecular flexibility index (Phi) is 10.9. The zero-order chi connectivity index (χ0) is 15.4. The molecular formula is C18H36O2. The van der Waals surface area contributed by atoms with E-state index in [1.807, 2.05) is 0 Å². The van der Waals surface area contributed by atoms with Gasteiger partial charge in [-0.15, -0.1) is 0 Å². The third-order valence-electron chi connectivity index (χ3n) is 4.79. The van der Waals surface area contributed by atoms with Gasteiger partial charge in [0.1, 0.15) is 0 Å². The molecule has 1 atom stereocenters. The Bertz CT molecular complexity index is 244. The van der Waals surface area contributed by atoms with E-state index in [4.69, 9.17) is 4.74 Å². The van der Waals surface area contributed by atoms with Crippen molar-refractivity contribution in [1.82, 2.24) is 0 Å². The lowest BCUT2D eigenvalue weighted by Crippen LogP contribution is -2.33. The molecule has 0 saturated carbocycles. The molecule has 2 heteroatoms. The Hall–Kier alpha value is -0.530. The van der Waals surface area contributed by atoms with Gasteiger partial charge in [0.15, 0.2) is 0 Å². The van der Waals surface area contributed by atoms with Gasteiger partial charge in [0, 0.05) is 0 Å². The van der Waals surface area contributed by atoms with E-state index < -0.39 is 0 Å². The number of hydrogen-bond acceptors (Lipinski definition) is 2. The third-order valence-corrected chi connectivity index (χ3v) is 4.79. The summed E-state index contributed by atoms with van der Waals surface area (Å²) in [5.74, 6) is 0.586. The predicted octanol–water partition coefficient (Wildman–Crippen LogP) is 5.74. The van der Waals surface area contributed by atoms with E-state index in [1.54, 1.807) is 0 Å². The predicted molar refractivity (Wildman–Crippen MR) is 86.8 cm³/mol. The van der Waals surface area contributed by atoms with Crippen LogP contribution >= 0.6 is 0 Å². The molecule has 0 heterocycles. The Morgan fingerprint density at radius 2 is 1.60 bits per heavy atom. The number of rotatable bonds is 12. The smallest absolute Gasteiger partial charge is 0.312 e. The molecule has 0 aliphatic heterocycles. The highest BCUT2D eigenvalue weighted by atomic mass is 16.5. The molecule has 20 heavy (non-hydrogen) atoms. The molecule has 0 bridgehead atoms. The highest BCUT2D eigenvalue weighted by Crippen LogP contribution is 2.34. The average molecular weight is 284 g/mol. The van der Waals surface area contributed by atoms with Gasteiger partial charge < -0.3 is 4.74 Å². The van der Waals surface area contributed by atoms with Crippen LogP contribution in [0.15, 0.2) is 0 Å². The summed E-state index contributed by atoms with van der Waals surface area (Å²) >= 11 is 0. The molecule has 2 nitrogen and oxygen atoms in total. The molecule has 0 radical (unpaired) electrons. The molecule has 0 rings (SSSR count). The van der Waals surface area contributed by atoms with Crippen molar-refractivity contribution in [2.24, 2.45) is 11.3 Å². The summed E-state index contributed by atoms with van der Waals surface area (Å²) in [6.07, 6.45) is 9.76. The van der Waals surface area contributed by atoms with E-state index in [2.05, 4.69) is 34.6 Å². The molecule has 1 unspecified atom stereocenters. The Morgan fingerprint density at radius 3 is 2.05 bits per heavy atom. The third kappa shape index (κ3) is 6.28. The Labute approximate surface area is 126 Å². The lowest BCUT2D eigenvalue weighted by Gasteiger charge is -2.30. The molecule has 0 aromatic carbocycles. The van der Waals surface area contributed by atoms with Crippen molar-refractivity contribution in [1.29, 1.82) is 0 Å². The van der Waals surface area contributed by atoms with Crippen LogP contribution in [0.2, 0.25) is 0 Å². The van der Waals surface area contributed by atoms with Gasteiger partial charge in [-0.3, -0.25) is 4.79 Å². The summed E-state index contributed by atoms with van der Waals surface area (Å²) in [5, 5.41) is 0. The summed E-state index contributed by atoms with van der Waals surface area (Å²) < 4.78 is 5.70. The number of unbranched alkanes of at least 4 members (excludes halogenated alkanes) is 2. The fourth-order valence-corrected chi connectivity index (χ4v) is 2.75. The maximum atomic E-state index is 12.5. The van der Waals surface area contributed by atoms with Crippen LogP contribution in [-0.2, 0) is 9.53 Å². The minimum Gasteiger partial charge on any atom is -0.465 e. The molecule has 0 aromatic heterocycles. The van der Waals surface area contributed by atoms with Crippen LogP contribution in [0, 0.1) is 11.3 Å². The molecule has 0 saturated heterocycles. The molecular weight excluding hydrogens is 248 g/mol. The van der Waals surface area contributed by atoms with Gasteiger partial charge in [-0.2, -0.15) is 0 Å². The SMILES string of the molecule is CCCCC(CC)COC(=O)C(CC)(CC)CCCC. The molecule has 0 N–H and O–H groups in total. The zero-order valence-corrected chi connectivity index (χ0v) is 14.5. The fraction of sp³-hybridized carbons (Fsp3) is 0.944. The molecule has 0 aliphatic carbocycles. The van der Waals surface area contributed by atoms with E-state index in [-0.39, 0.29) is 11.4 Å². The van der Waals surface area contributed by atoms with Crippen molar-refractivity contribution in [2.75, 3.05) is 6.61 Å². The first-order valence-electron chi connectivity index (χ1n) is 8.77. The minimum atomic E-state index is -0.237. The highest BCUT2D eigenvalue weighted by Gasteiger charge is 2.35. The molecule has 0 amide bonds. The number of ether oxygens (including phenoxy) is 1. The standard InChI is InChI=1S/C18H36O2/c1-6-11-13-16(8-3)15-20-17(19)18(9-4,10-5)14-12-7-2/h16H,6-15H2,1-5H3. The maximum Gasteiger partial charge on any atom is 0.312 e. The number of hydrogen-bond donors (Lipinski definition) is 0. The van der Waals surface area contributed by atoms with E-state index in [9.17, 15) is 4.79 Å². The van der Waals surface area contributed by atoms with Crippen LogP contribution in [-0.4, -0.2) is 12.6 Å². The van der Waals surface area contributed by atoms with Crippen LogP contribution in [0.1, 0.15) is 92.4 Å². The summed E-state index contributed by atoms with van der Waals surface area (Å²) in [5.41, 5.74) is -0.237. The fourth-order valence-electron chi connectivity index (χ4n) is 2.75. The second-order valence-corrected chi connectivity index (χ2v) is 6.11.